The smallest absolute Gasteiger partial charge is 0.341 e. The fourth-order valence-corrected chi connectivity index (χ4v) is 6.50. The van der Waals surface area contributed by atoms with Crippen molar-refractivity contribution in [2.75, 3.05) is 23.8 Å². The predicted molar refractivity (Wildman–Crippen MR) is 155 cm³/mol. The van der Waals surface area contributed by atoms with E-state index in [1.807, 2.05) is 6.07 Å². The third-order valence-electron chi connectivity index (χ3n) is 6.08. The van der Waals surface area contributed by atoms with Crippen molar-refractivity contribution in [1.82, 2.24) is 4.90 Å². The maximum atomic E-state index is 13.2. The molecule has 1 aromatic heterocycles. The van der Waals surface area contributed by atoms with Gasteiger partial charge in [-0.3, -0.25) is 14.4 Å². The van der Waals surface area contributed by atoms with Crippen molar-refractivity contribution in [2.24, 2.45) is 0 Å². The van der Waals surface area contributed by atoms with Crippen LogP contribution >= 0.6 is 34.7 Å². The fourth-order valence-electron chi connectivity index (χ4n) is 4.13. The Bertz CT molecular complexity index is 1420. The molecule has 0 aliphatic carbocycles. The number of hydrogen-bond acceptors (Lipinski definition) is 7. The first-order valence-electron chi connectivity index (χ1n) is 12.4. The van der Waals surface area contributed by atoms with Crippen LogP contribution in [0.15, 0.2) is 53.4 Å². The second kappa shape index (κ2) is 12.7. The summed E-state index contributed by atoms with van der Waals surface area (Å²) in [6, 6.07) is 13.9. The topological polar surface area (TPSA) is 105 Å². The van der Waals surface area contributed by atoms with E-state index in [0.29, 0.717) is 46.3 Å². The molecule has 3 aromatic rings. The number of thiophene rings is 1. The van der Waals surface area contributed by atoms with E-state index < -0.39 is 11.2 Å². The van der Waals surface area contributed by atoms with Gasteiger partial charge in [0.25, 0.3) is 5.91 Å². The zero-order valence-corrected chi connectivity index (χ0v) is 24.1. The van der Waals surface area contributed by atoms with Gasteiger partial charge < -0.3 is 20.3 Å². The molecule has 3 amide bonds. The number of esters is 1. The maximum absolute atomic E-state index is 13.2. The normalized spacial score (nSPS) is 13.3. The van der Waals surface area contributed by atoms with Crippen molar-refractivity contribution >= 4 is 69.1 Å². The SMILES string of the molecule is CCOC(=O)c1c(NC(=O)C(C)Sc2cccc(NC(=O)c3cccc(Cl)c3)c2)sc2c1CCN(C(C)=O)C2. The molecule has 0 spiro atoms. The Hall–Kier alpha value is -3.34. The van der Waals surface area contributed by atoms with Gasteiger partial charge in [0.15, 0.2) is 0 Å². The lowest BCUT2D eigenvalue weighted by atomic mass is 10.0. The first kappa shape index (κ1) is 28.7. The molecule has 204 valence electrons. The molecule has 1 atom stereocenters. The second-order valence-electron chi connectivity index (χ2n) is 8.86. The minimum atomic E-state index is -0.508. The summed E-state index contributed by atoms with van der Waals surface area (Å²) in [5.41, 5.74) is 2.23. The van der Waals surface area contributed by atoms with E-state index in [9.17, 15) is 19.2 Å². The van der Waals surface area contributed by atoms with Gasteiger partial charge in [-0.2, -0.15) is 0 Å². The fraction of sp³-hybridized carbons (Fsp3) is 0.286. The summed E-state index contributed by atoms with van der Waals surface area (Å²) in [5.74, 6) is -1.08. The van der Waals surface area contributed by atoms with Crippen LogP contribution < -0.4 is 10.6 Å². The predicted octanol–water partition coefficient (Wildman–Crippen LogP) is 5.85. The zero-order valence-electron chi connectivity index (χ0n) is 21.7. The van der Waals surface area contributed by atoms with E-state index >= 15 is 0 Å². The number of anilines is 2. The number of nitrogens with one attached hydrogen (secondary N) is 2. The average molecular weight is 586 g/mol. The molecular formula is C28H28ClN3O5S2. The number of benzene rings is 2. The number of rotatable bonds is 8. The molecule has 0 bridgehead atoms. The van der Waals surface area contributed by atoms with E-state index in [2.05, 4.69) is 10.6 Å². The van der Waals surface area contributed by atoms with Crippen molar-refractivity contribution < 1.29 is 23.9 Å². The number of amides is 3. The molecule has 2 N–H and O–H groups in total. The monoisotopic (exact) mass is 585 g/mol. The summed E-state index contributed by atoms with van der Waals surface area (Å²) in [5, 5.41) is 6.17. The highest BCUT2D eigenvalue weighted by molar-refractivity contribution is 8.00. The molecule has 0 fully saturated rings. The van der Waals surface area contributed by atoms with Gasteiger partial charge in [-0.1, -0.05) is 23.7 Å². The Labute approximate surface area is 240 Å². The first-order chi connectivity index (χ1) is 18.7. The number of carbonyl (C=O) groups is 4. The Morgan fingerprint density at radius 3 is 2.62 bits per heavy atom. The Balaban J connectivity index is 1.46. The quantitative estimate of drug-likeness (QED) is 0.254. The number of nitrogens with zero attached hydrogens (tertiary/aromatic N) is 1. The summed E-state index contributed by atoms with van der Waals surface area (Å²) in [6.07, 6.45) is 0.521. The van der Waals surface area contributed by atoms with Gasteiger partial charge in [-0.25, -0.2) is 4.79 Å². The average Bonchev–Trinajstić information content (AvgIpc) is 3.26. The van der Waals surface area contributed by atoms with Gasteiger partial charge >= 0.3 is 5.97 Å². The van der Waals surface area contributed by atoms with E-state index in [1.165, 1.54) is 30.0 Å². The summed E-state index contributed by atoms with van der Waals surface area (Å²) >= 11 is 8.62. The molecule has 1 aliphatic rings. The zero-order chi connectivity index (χ0) is 28.1. The van der Waals surface area contributed by atoms with Gasteiger partial charge in [-0.15, -0.1) is 23.1 Å². The molecule has 0 saturated heterocycles. The molecule has 39 heavy (non-hydrogen) atoms. The molecule has 2 aromatic carbocycles. The number of halogens is 1. The molecule has 8 nitrogen and oxygen atoms in total. The standard InChI is InChI=1S/C28H28ClN3O5S2/c1-4-37-28(36)24-22-11-12-32(17(3)33)15-23(22)39-27(24)31-25(34)16(2)38-21-10-6-9-20(14-21)30-26(35)18-7-5-8-19(29)13-18/h5-10,13-14,16H,4,11-12,15H2,1-3H3,(H,30,35)(H,31,34). The van der Waals surface area contributed by atoms with Crippen LogP contribution in [0.25, 0.3) is 0 Å². The molecule has 2 heterocycles. The molecular weight excluding hydrogens is 558 g/mol. The largest absolute Gasteiger partial charge is 0.462 e. The van der Waals surface area contributed by atoms with Gasteiger partial charge in [-0.05, 0) is 62.2 Å². The summed E-state index contributed by atoms with van der Waals surface area (Å²) in [4.78, 5) is 53.8. The lowest BCUT2D eigenvalue weighted by Crippen LogP contribution is -2.34. The van der Waals surface area contributed by atoms with Crippen LogP contribution in [-0.2, 0) is 27.3 Å². The Kier molecular flexibility index (Phi) is 9.32. The molecule has 1 aliphatic heterocycles. The molecule has 0 saturated carbocycles. The van der Waals surface area contributed by atoms with Gasteiger partial charge in [0.2, 0.25) is 11.8 Å². The third kappa shape index (κ3) is 7.00. The highest BCUT2D eigenvalue weighted by Crippen LogP contribution is 2.38. The minimum absolute atomic E-state index is 0.0340. The molecule has 1 unspecified atom stereocenters. The number of thioether (sulfide) groups is 1. The van der Waals surface area contributed by atoms with E-state index in [-0.39, 0.29) is 24.3 Å². The van der Waals surface area contributed by atoms with Crippen molar-refractivity contribution in [3.8, 4) is 0 Å². The molecule has 11 heteroatoms. The number of ether oxygens (including phenoxy) is 1. The third-order valence-corrected chi connectivity index (χ3v) is 8.54. The van der Waals surface area contributed by atoms with Crippen molar-refractivity contribution in [1.29, 1.82) is 0 Å². The van der Waals surface area contributed by atoms with Gasteiger partial charge in [0, 0.05) is 39.5 Å². The van der Waals surface area contributed by atoms with Crippen molar-refractivity contribution in [3.63, 3.8) is 0 Å². The van der Waals surface area contributed by atoms with Gasteiger partial charge in [0.05, 0.1) is 24.0 Å². The number of hydrogen-bond donors (Lipinski definition) is 2. The lowest BCUT2D eigenvalue weighted by molar-refractivity contribution is -0.129. The molecule has 0 radical (unpaired) electrons. The highest BCUT2D eigenvalue weighted by atomic mass is 35.5. The number of fused-ring (bicyclic) bond motifs is 1. The van der Waals surface area contributed by atoms with E-state index in [1.54, 1.807) is 61.2 Å². The van der Waals surface area contributed by atoms with Crippen molar-refractivity contribution in [2.45, 2.75) is 43.9 Å². The second-order valence-corrected chi connectivity index (χ2v) is 11.8. The Morgan fingerprint density at radius 2 is 1.90 bits per heavy atom. The van der Waals surface area contributed by atoms with Crippen LogP contribution in [-0.4, -0.2) is 47.0 Å². The van der Waals surface area contributed by atoms with Crippen LogP contribution in [0.3, 0.4) is 0 Å². The Morgan fingerprint density at radius 1 is 1.13 bits per heavy atom. The minimum Gasteiger partial charge on any atom is -0.462 e. The first-order valence-corrected chi connectivity index (χ1v) is 14.4. The van der Waals surface area contributed by atoms with Crippen LogP contribution in [0.4, 0.5) is 10.7 Å². The maximum Gasteiger partial charge on any atom is 0.341 e. The van der Waals surface area contributed by atoms with E-state index in [4.69, 9.17) is 16.3 Å². The summed E-state index contributed by atoms with van der Waals surface area (Å²) in [6.45, 7) is 6.14. The summed E-state index contributed by atoms with van der Waals surface area (Å²) in [7, 11) is 0. The van der Waals surface area contributed by atoms with Crippen LogP contribution in [0.5, 0.6) is 0 Å². The highest BCUT2D eigenvalue weighted by Gasteiger charge is 2.31. The summed E-state index contributed by atoms with van der Waals surface area (Å²) < 4.78 is 5.28. The van der Waals surface area contributed by atoms with Crippen LogP contribution in [0.2, 0.25) is 5.02 Å². The van der Waals surface area contributed by atoms with Crippen molar-refractivity contribution in [3.05, 3.63) is 75.1 Å². The molecule has 4 rings (SSSR count). The number of carbonyl (C=O) groups excluding carboxylic acids is 4. The van der Waals surface area contributed by atoms with Crippen LogP contribution in [0.1, 0.15) is 51.9 Å². The van der Waals surface area contributed by atoms with Crippen LogP contribution in [0, 0.1) is 0 Å². The van der Waals surface area contributed by atoms with Gasteiger partial charge in [0.1, 0.15) is 5.00 Å². The van der Waals surface area contributed by atoms with E-state index in [0.717, 1.165) is 15.3 Å². The lowest BCUT2D eigenvalue weighted by Gasteiger charge is -2.25.